The van der Waals surface area contributed by atoms with Crippen molar-refractivity contribution in [3.63, 3.8) is 0 Å². The molecule has 0 spiro atoms. The van der Waals surface area contributed by atoms with Gasteiger partial charge in [-0.1, -0.05) is 6.07 Å². The number of nitrogens with one attached hydrogen (secondary N) is 1. The Labute approximate surface area is 112 Å². The van der Waals surface area contributed by atoms with Crippen LogP contribution in [0.15, 0.2) is 24.3 Å². The smallest absolute Gasteiger partial charge is 0.132 e. The van der Waals surface area contributed by atoms with Gasteiger partial charge in [-0.2, -0.15) is 0 Å². The summed E-state index contributed by atoms with van der Waals surface area (Å²) in [5, 5.41) is 2.34. The lowest BCUT2D eigenvalue weighted by atomic mass is 10.0. The number of rotatable bonds is 2. The fourth-order valence-corrected chi connectivity index (χ4v) is 2.77. The number of methoxy groups -OCH3 is 2. The first kappa shape index (κ1) is 11.9. The molecular formula is C16H17NO2. The maximum atomic E-state index is 5.52. The van der Waals surface area contributed by atoms with Crippen molar-refractivity contribution in [1.29, 1.82) is 0 Å². The molecule has 1 aromatic heterocycles. The molecule has 3 rings (SSSR count). The molecule has 3 heteroatoms. The summed E-state index contributed by atoms with van der Waals surface area (Å²) < 4.78 is 10.8. The van der Waals surface area contributed by atoms with E-state index in [1.165, 1.54) is 16.5 Å². The summed E-state index contributed by atoms with van der Waals surface area (Å²) in [4.78, 5) is 3.45. The highest BCUT2D eigenvalue weighted by molar-refractivity contribution is 6.12. The molecule has 0 unspecified atom stereocenters. The molecule has 0 bridgehead atoms. The minimum absolute atomic E-state index is 0.797. The monoisotopic (exact) mass is 255 g/mol. The molecule has 3 aromatic rings. The lowest BCUT2D eigenvalue weighted by molar-refractivity contribution is 0.398. The van der Waals surface area contributed by atoms with Gasteiger partial charge < -0.3 is 14.5 Å². The SMILES string of the molecule is COc1cc(OC)c2c(c1)[nH]c1cc(C)cc(C)c12. The van der Waals surface area contributed by atoms with Crippen molar-refractivity contribution < 1.29 is 9.47 Å². The summed E-state index contributed by atoms with van der Waals surface area (Å²) in [5.74, 6) is 1.64. The van der Waals surface area contributed by atoms with E-state index in [1.807, 2.05) is 12.1 Å². The Bertz CT molecular complexity index is 771. The van der Waals surface area contributed by atoms with E-state index < -0.39 is 0 Å². The second-order valence-electron chi connectivity index (χ2n) is 4.88. The number of aromatic nitrogens is 1. The molecule has 0 aliphatic rings. The summed E-state index contributed by atoms with van der Waals surface area (Å²) in [6.45, 7) is 4.24. The van der Waals surface area contributed by atoms with Crippen LogP contribution in [-0.2, 0) is 0 Å². The van der Waals surface area contributed by atoms with Crippen molar-refractivity contribution >= 4 is 21.8 Å². The number of aromatic amines is 1. The van der Waals surface area contributed by atoms with Gasteiger partial charge >= 0.3 is 0 Å². The largest absolute Gasteiger partial charge is 0.497 e. The van der Waals surface area contributed by atoms with Crippen LogP contribution in [0.2, 0.25) is 0 Å². The van der Waals surface area contributed by atoms with Gasteiger partial charge in [0.1, 0.15) is 11.5 Å². The molecule has 3 nitrogen and oxygen atoms in total. The Morgan fingerprint density at radius 2 is 1.58 bits per heavy atom. The lowest BCUT2D eigenvalue weighted by Gasteiger charge is -2.07. The van der Waals surface area contributed by atoms with Crippen LogP contribution in [0.1, 0.15) is 11.1 Å². The van der Waals surface area contributed by atoms with Gasteiger partial charge in [0.2, 0.25) is 0 Å². The number of ether oxygens (including phenoxy) is 2. The third kappa shape index (κ3) is 1.73. The normalized spacial score (nSPS) is 11.2. The van der Waals surface area contributed by atoms with E-state index in [4.69, 9.17) is 9.47 Å². The molecule has 0 radical (unpaired) electrons. The van der Waals surface area contributed by atoms with Crippen LogP contribution in [0.5, 0.6) is 11.5 Å². The molecule has 0 amide bonds. The van der Waals surface area contributed by atoms with Crippen molar-refractivity contribution in [2.75, 3.05) is 14.2 Å². The Balaban J connectivity index is 2.51. The number of aryl methyl sites for hydroxylation is 2. The molecular weight excluding hydrogens is 238 g/mol. The Morgan fingerprint density at radius 1 is 0.842 bits per heavy atom. The van der Waals surface area contributed by atoms with E-state index in [2.05, 4.69) is 31.0 Å². The Kier molecular flexibility index (Phi) is 2.63. The molecule has 98 valence electrons. The summed E-state index contributed by atoms with van der Waals surface area (Å²) in [6, 6.07) is 8.29. The second-order valence-corrected chi connectivity index (χ2v) is 4.88. The van der Waals surface area contributed by atoms with Gasteiger partial charge in [-0.05, 0) is 31.0 Å². The van der Waals surface area contributed by atoms with Gasteiger partial charge in [-0.25, -0.2) is 0 Å². The van der Waals surface area contributed by atoms with Crippen molar-refractivity contribution in [1.82, 2.24) is 4.98 Å². The first-order valence-electron chi connectivity index (χ1n) is 6.28. The average Bonchev–Trinajstić information content (AvgIpc) is 2.75. The van der Waals surface area contributed by atoms with Gasteiger partial charge in [0.25, 0.3) is 0 Å². The van der Waals surface area contributed by atoms with Crippen LogP contribution in [0, 0.1) is 13.8 Å². The number of hydrogen-bond donors (Lipinski definition) is 1. The van der Waals surface area contributed by atoms with Gasteiger partial charge in [-0.15, -0.1) is 0 Å². The Morgan fingerprint density at radius 3 is 2.26 bits per heavy atom. The van der Waals surface area contributed by atoms with E-state index in [-0.39, 0.29) is 0 Å². The molecule has 0 saturated carbocycles. The maximum absolute atomic E-state index is 5.52. The zero-order chi connectivity index (χ0) is 13.6. The van der Waals surface area contributed by atoms with Crippen LogP contribution in [0.3, 0.4) is 0 Å². The third-order valence-corrected chi connectivity index (χ3v) is 3.53. The third-order valence-electron chi connectivity index (χ3n) is 3.53. The van der Waals surface area contributed by atoms with Crippen LogP contribution < -0.4 is 9.47 Å². The summed E-state index contributed by atoms with van der Waals surface area (Å²) in [7, 11) is 3.36. The zero-order valence-electron chi connectivity index (χ0n) is 11.6. The predicted molar refractivity (Wildman–Crippen MR) is 78.4 cm³/mol. The number of fused-ring (bicyclic) bond motifs is 3. The van der Waals surface area contributed by atoms with Crippen LogP contribution in [0.4, 0.5) is 0 Å². The average molecular weight is 255 g/mol. The van der Waals surface area contributed by atoms with Crippen LogP contribution in [-0.4, -0.2) is 19.2 Å². The maximum Gasteiger partial charge on any atom is 0.132 e. The van der Waals surface area contributed by atoms with Gasteiger partial charge in [-0.3, -0.25) is 0 Å². The topological polar surface area (TPSA) is 34.2 Å². The molecule has 0 aliphatic carbocycles. The van der Waals surface area contributed by atoms with E-state index in [9.17, 15) is 0 Å². The van der Waals surface area contributed by atoms with E-state index >= 15 is 0 Å². The molecule has 19 heavy (non-hydrogen) atoms. The molecule has 0 atom stereocenters. The van der Waals surface area contributed by atoms with E-state index in [0.29, 0.717) is 0 Å². The van der Waals surface area contributed by atoms with E-state index in [1.54, 1.807) is 14.2 Å². The van der Waals surface area contributed by atoms with Crippen LogP contribution >= 0.6 is 0 Å². The molecule has 1 heterocycles. The van der Waals surface area contributed by atoms with Crippen molar-refractivity contribution in [3.05, 3.63) is 35.4 Å². The first-order valence-corrected chi connectivity index (χ1v) is 6.28. The highest BCUT2D eigenvalue weighted by Crippen LogP contribution is 2.38. The van der Waals surface area contributed by atoms with Gasteiger partial charge in [0.05, 0.1) is 19.7 Å². The summed E-state index contributed by atoms with van der Waals surface area (Å²) in [5.41, 5.74) is 4.69. The standard InChI is InChI=1S/C16H17NO2/c1-9-5-10(2)15-12(6-9)17-13-7-11(18-3)8-14(19-4)16(13)15/h5-8,17H,1-4H3. The number of H-pyrrole nitrogens is 1. The summed E-state index contributed by atoms with van der Waals surface area (Å²) in [6.07, 6.45) is 0. The minimum atomic E-state index is 0.797. The summed E-state index contributed by atoms with van der Waals surface area (Å²) >= 11 is 0. The first-order chi connectivity index (χ1) is 9.13. The highest BCUT2D eigenvalue weighted by atomic mass is 16.5. The molecule has 0 aliphatic heterocycles. The van der Waals surface area contributed by atoms with Crippen molar-refractivity contribution in [3.8, 4) is 11.5 Å². The number of benzene rings is 2. The van der Waals surface area contributed by atoms with Crippen molar-refractivity contribution in [2.24, 2.45) is 0 Å². The fraction of sp³-hybridized carbons (Fsp3) is 0.250. The highest BCUT2D eigenvalue weighted by Gasteiger charge is 2.13. The Hall–Kier alpha value is -2.16. The van der Waals surface area contributed by atoms with Crippen LogP contribution in [0.25, 0.3) is 21.8 Å². The zero-order valence-corrected chi connectivity index (χ0v) is 11.6. The predicted octanol–water partition coefficient (Wildman–Crippen LogP) is 3.96. The molecule has 0 fully saturated rings. The molecule has 1 N–H and O–H groups in total. The second kappa shape index (κ2) is 4.19. The molecule has 0 saturated heterocycles. The number of hydrogen-bond acceptors (Lipinski definition) is 2. The lowest BCUT2D eigenvalue weighted by Crippen LogP contribution is -1.88. The quantitative estimate of drug-likeness (QED) is 0.752. The van der Waals surface area contributed by atoms with Crippen molar-refractivity contribution in [2.45, 2.75) is 13.8 Å². The van der Waals surface area contributed by atoms with Gasteiger partial charge in [0.15, 0.2) is 0 Å². The molecule has 2 aromatic carbocycles. The fourth-order valence-electron chi connectivity index (χ4n) is 2.77. The van der Waals surface area contributed by atoms with Gasteiger partial charge in [0, 0.05) is 28.4 Å². The van der Waals surface area contributed by atoms with E-state index in [0.717, 1.165) is 27.9 Å². The minimum Gasteiger partial charge on any atom is -0.497 e.